The van der Waals surface area contributed by atoms with E-state index in [1.165, 1.54) is 23.6 Å². The SMILES string of the molecule is CC(=O)OC=C1CS[C@H]2C(NC(=O)Cc3ccccc3)C(=O)N2C1C(=O)O. The molecular weight excluding hydrogens is 372 g/mol. The minimum atomic E-state index is -1.21. The van der Waals surface area contributed by atoms with Gasteiger partial charge in [-0.05, 0) is 5.56 Å². The largest absolute Gasteiger partial charge is 0.479 e. The van der Waals surface area contributed by atoms with Crippen LogP contribution in [-0.4, -0.2) is 57.0 Å². The highest BCUT2D eigenvalue weighted by Crippen LogP contribution is 2.40. The van der Waals surface area contributed by atoms with Crippen molar-refractivity contribution in [2.24, 2.45) is 0 Å². The molecule has 27 heavy (non-hydrogen) atoms. The number of hydrogen-bond acceptors (Lipinski definition) is 6. The van der Waals surface area contributed by atoms with E-state index in [4.69, 9.17) is 4.74 Å². The monoisotopic (exact) mass is 390 g/mol. The molecule has 1 aromatic carbocycles. The van der Waals surface area contributed by atoms with Crippen molar-refractivity contribution in [3.05, 3.63) is 47.7 Å². The molecule has 3 rings (SSSR count). The van der Waals surface area contributed by atoms with Crippen LogP contribution < -0.4 is 5.32 Å². The number of nitrogens with one attached hydrogen (secondary N) is 1. The highest BCUT2D eigenvalue weighted by molar-refractivity contribution is 8.00. The molecule has 2 N–H and O–H groups in total. The quantitative estimate of drug-likeness (QED) is 0.428. The lowest BCUT2D eigenvalue weighted by molar-refractivity contribution is -0.160. The molecule has 142 valence electrons. The Kier molecular flexibility index (Phi) is 5.50. The Bertz CT molecular complexity index is 809. The van der Waals surface area contributed by atoms with Crippen LogP contribution in [0.25, 0.3) is 0 Å². The van der Waals surface area contributed by atoms with Gasteiger partial charge >= 0.3 is 11.9 Å². The van der Waals surface area contributed by atoms with Gasteiger partial charge in [-0.2, -0.15) is 0 Å². The molecule has 0 aromatic heterocycles. The Balaban J connectivity index is 1.67. The van der Waals surface area contributed by atoms with Crippen LogP contribution in [0.5, 0.6) is 0 Å². The van der Waals surface area contributed by atoms with Crippen molar-refractivity contribution in [3.63, 3.8) is 0 Å². The van der Waals surface area contributed by atoms with Crippen LogP contribution in [0.4, 0.5) is 0 Å². The maximum Gasteiger partial charge on any atom is 0.330 e. The number of rotatable bonds is 5. The molecule has 3 atom stereocenters. The van der Waals surface area contributed by atoms with Crippen molar-refractivity contribution in [2.75, 3.05) is 5.75 Å². The van der Waals surface area contributed by atoms with Crippen LogP contribution in [0.3, 0.4) is 0 Å². The summed E-state index contributed by atoms with van der Waals surface area (Å²) in [5.41, 5.74) is 1.14. The number of ether oxygens (including phenoxy) is 1. The number of benzene rings is 1. The summed E-state index contributed by atoms with van der Waals surface area (Å²) in [6.45, 7) is 1.21. The second-order valence-corrected chi connectivity index (χ2v) is 7.30. The van der Waals surface area contributed by atoms with E-state index in [2.05, 4.69) is 5.32 Å². The van der Waals surface area contributed by atoms with E-state index in [0.29, 0.717) is 5.57 Å². The average Bonchev–Trinajstić information content (AvgIpc) is 2.64. The van der Waals surface area contributed by atoms with E-state index in [-0.39, 0.29) is 18.1 Å². The van der Waals surface area contributed by atoms with Crippen LogP contribution in [0.15, 0.2) is 42.2 Å². The molecule has 0 spiro atoms. The fourth-order valence-corrected chi connectivity index (χ4v) is 4.40. The number of carboxylic acid groups (broad SMARTS) is 1. The third-order valence-electron chi connectivity index (χ3n) is 4.26. The second kappa shape index (κ2) is 7.83. The van der Waals surface area contributed by atoms with Gasteiger partial charge in [0.2, 0.25) is 11.8 Å². The smallest absolute Gasteiger partial charge is 0.330 e. The van der Waals surface area contributed by atoms with Crippen molar-refractivity contribution in [2.45, 2.75) is 30.8 Å². The summed E-state index contributed by atoms with van der Waals surface area (Å²) in [4.78, 5) is 48.5. The lowest BCUT2D eigenvalue weighted by Crippen LogP contribution is -2.74. The lowest BCUT2D eigenvalue weighted by atomic mass is 9.98. The predicted molar refractivity (Wildman–Crippen MR) is 96.4 cm³/mol. The Labute approximate surface area is 159 Å². The minimum absolute atomic E-state index is 0.141. The topological polar surface area (TPSA) is 113 Å². The van der Waals surface area contributed by atoms with E-state index >= 15 is 0 Å². The van der Waals surface area contributed by atoms with Crippen molar-refractivity contribution >= 4 is 35.5 Å². The van der Waals surface area contributed by atoms with Gasteiger partial charge in [-0.25, -0.2) is 4.79 Å². The number of carbonyl (C=O) groups excluding carboxylic acids is 3. The zero-order chi connectivity index (χ0) is 19.6. The fourth-order valence-electron chi connectivity index (χ4n) is 3.05. The van der Waals surface area contributed by atoms with E-state index in [0.717, 1.165) is 11.8 Å². The van der Waals surface area contributed by atoms with Crippen molar-refractivity contribution < 1.29 is 29.0 Å². The number of aliphatic carboxylic acids is 1. The number of β-lactam (4-membered cyclic amide) rings is 1. The summed E-state index contributed by atoms with van der Waals surface area (Å²) in [6, 6.07) is 7.16. The minimum Gasteiger partial charge on any atom is -0.479 e. The summed E-state index contributed by atoms with van der Waals surface area (Å²) >= 11 is 1.32. The summed E-state index contributed by atoms with van der Waals surface area (Å²) in [6.07, 6.45) is 1.24. The van der Waals surface area contributed by atoms with Gasteiger partial charge < -0.3 is 20.1 Å². The number of amides is 2. The van der Waals surface area contributed by atoms with Gasteiger partial charge in [0.15, 0.2) is 6.04 Å². The first-order valence-corrected chi connectivity index (χ1v) is 9.29. The third-order valence-corrected chi connectivity index (χ3v) is 5.60. The standard InChI is InChI=1S/C18H18N2O6S/c1-10(21)26-8-12-9-27-17-14(16(23)20(17)15(12)18(24)25)19-13(22)7-11-5-3-2-4-6-11/h2-6,8,14-15,17H,7,9H2,1H3,(H,19,22)(H,24,25)/t14?,15?,17-/m0/s1. The first-order valence-electron chi connectivity index (χ1n) is 8.24. The molecule has 2 saturated heterocycles. The Morgan fingerprint density at radius 2 is 2.04 bits per heavy atom. The molecule has 2 heterocycles. The third kappa shape index (κ3) is 3.97. The molecular formula is C18H18N2O6S. The van der Waals surface area contributed by atoms with Crippen LogP contribution in [0, 0.1) is 0 Å². The van der Waals surface area contributed by atoms with Gasteiger partial charge in [0.25, 0.3) is 0 Å². The normalized spacial score (nSPS) is 25.4. The van der Waals surface area contributed by atoms with E-state index in [1.54, 1.807) is 0 Å². The molecule has 8 nitrogen and oxygen atoms in total. The van der Waals surface area contributed by atoms with Crippen LogP contribution >= 0.6 is 11.8 Å². The van der Waals surface area contributed by atoms with Gasteiger partial charge in [-0.15, -0.1) is 11.8 Å². The number of fused-ring (bicyclic) bond motifs is 1. The van der Waals surface area contributed by atoms with Gasteiger partial charge in [0.05, 0.1) is 12.7 Å². The highest BCUT2D eigenvalue weighted by atomic mass is 32.2. The van der Waals surface area contributed by atoms with Crippen LogP contribution in [0.2, 0.25) is 0 Å². The van der Waals surface area contributed by atoms with Gasteiger partial charge in [0, 0.05) is 18.2 Å². The molecule has 0 aliphatic carbocycles. The summed E-state index contributed by atoms with van der Waals surface area (Å²) in [7, 11) is 0. The average molecular weight is 390 g/mol. The first kappa shape index (κ1) is 19.0. The maximum atomic E-state index is 12.5. The summed E-state index contributed by atoms with van der Waals surface area (Å²) in [5, 5.41) is 11.7. The van der Waals surface area contributed by atoms with Crippen molar-refractivity contribution in [1.29, 1.82) is 0 Å². The zero-order valence-electron chi connectivity index (χ0n) is 14.5. The second-order valence-electron chi connectivity index (χ2n) is 6.20. The molecule has 2 fully saturated rings. The predicted octanol–water partition coefficient (Wildman–Crippen LogP) is 0.529. The summed E-state index contributed by atoms with van der Waals surface area (Å²) in [5.74, 6) is -2.26. The lowest BCUT2D eigenvalue weighted by Gasteiger charge is -2.52. The number of carbonyl (C=O) groups is 4. The number of thioether (sulfide) groups is 1. The Morgan fingerprint density at radius 1 is 1.33 bits per heavy atom. The van der Waals surface area contributed by atoms with Crippen LogP contribution in [0.1, 0.15) is 12.5 Å². The highest BCUT2D eigenvalue weighted by Gasteiger charge is 2.56. The molecule has 2 unspecified atom stereocenters. The van der Waals surface area contributed by atoms with Gasteiger partial charge in [-0.1, -0.05) is 30.3 Å². The number of nitrogens with zero attached hydrogens (tertiary/aromatic N) is 1. The first-order chi connectivity index (χ1) is 12.9. The fraction of sp³-hybridized carbons (Fsp3) is 0.333. The van der Waals surface area contributed by atoms with Crippen LogP contribution in [-0.2, 0) is 30.3 Å². The van der Waals surface area contributed by atoms with Crippen molar-refractivity contribution in [3.8, 4) is 0 Å². The zero-order valence-corrected chi connectivity index (χ0v) is 15.3. The summed E-state index contributed by atoms with van der Waals surface area (Å²) < 4.78 is 4.78. The number of hydrogen-bond donors (Lipinski definition) is 2. The van der Waals surface area contributed by atoms with E-state index < -0.39 is 35.3 Å². The molecule has 0 radical (unpaired) electrons. The molecule has 2 aliphatic rings. The maximum absolute atomic E-state index is 12.5. The molecule has 1 aromatic rings. The molecule has 0 saturated carbocycles. The molecule has 9 heteroatoms. The molecule has 2 amide bonds. The van der Waals surface area contributed by atoms with Gasteiger partial charge in [0.1, 0.15) is 11.4 Å². The Morgan fingerprint density at radius 3 is 2.67 bits per heavy atom. The number of carboxylic acids is 1. The molecule has 0 bridgehead atoms. The van der Waals surface area contributed by atoms with Gasteiger partial charge in [-0.3, -0.25) is 14.4 Å². The van der Waals surface area contributed by atoms with Crippen molar-refractivity contribution in [1.82, 2.24) is 10.2 Å². The Hall–Kier alpha value is -2.81. The molecule has 2 aliphatic heterocycles. The van der Waals surface area contributed by atoms with E-state index in [9.17, 15) is 24.3 Å². The van der Waals surface area contributed by atoms with E-state index in [1.807, 2.05) is 30.3 Å². The number of esters is 1.